The van der Waals surface area contributed by atoms with Crippen molar-refractivity contribution >= 4 is 67.8 Å². The molecule has 0 aromatic heterocycles. The van der Waals surface area contributed by atoms with Crippen LogP contribution in [0.2, 0.25) is 0 Å². The fraction of sp³-hybridized carbons (Fsp3) is 0.273. The average molecular weight is 538 g/mol. The highest BCUT2D eigenvalue weighted by Gasteiger charge is 2.12. The Kier molecular flexibility index (Phi) is 4.57. The van der Waals surface area contributed by atoms with Gasteiger partial charge in [0.05, 0.1) is 7.14 Å². The minimum absolute atomic E-state index is 1.02. The van der Waals surface area contributed by atoms with Gasteiger partial charge < -0.3 is 4.74 Å². The lowest BCUT2D eigenvalue weighted by atomic mass is 10.3. The number of rotatable bonds is 2. The van der Waals surface area contributed by atoms with Crippen molar-refractivity contribution < 1.29 is 4.74 Å². The summed E-state index contributed by atoms with van der Waals surface area (Å²) in [7, 11) is 0. The largest absolute Gasteiger partial charge is 0.460 e. The van der Waals surface area contributed by atoms with E-state index in [0.29, 0.717) is 0 Å². The monoisotopic (exact) mass is 538 g/mol. The summed E-state index contributed by atoms with van der Waals surface area (Å²) in [5.41, 5.74) is 0. The van der Waals surface area contributed by atoms with Crippen molar-refractivity contribution in [2.75, 3.05) is 0 Å². The third-order valence-corrected chi connectivity index (χ3v) is 4.42. The van der Waals surface area contributed by atoms with Crippen LogP contribution in [0.5, 0.6) is 5.75 Å². The van der Waals surface area contributed by atoms with Crippen molar-refractivity contribution in [2.45, 2.75) is 19.3 Å². The van der Waals surface area contributed by atoms with E-state index in [1.807, 2.05) is 0 Å². The molecule has 0 fully saturated rings. The summed E-state index contributed by atoms with van der Waals surface area (Å²) in [5, 5.41) is 0. The molecule has 0 N–H and O–H groups in total. The Bertz CT molecular complexity index is 389. The number of allylic oxidation sites excluding steroid dienone is 2. The third-order valence-electron chi connectivity index (χ3n) is 2.20. The first-order valence-electron chi connectivity index (χ1n) is 4.68. The number of hydrogen-bond donors (Lipinski definition) is 0. The Morgan fingerprint density at radius 1 is 1.07 bits per heavy atom. The van der Waals surface area contributed by atoms with Crippen LogP contribution < -0.4 is 4.74 Å². The van der Waals surface area contributed by atoms with E-state index in [1.165, 1.54) is 17.1 Å². The average Bonchev–Trinajstić information content (AvgIpc) is 2.63. The molecule has 1 aromatic carbocycles. The van der Waals surface area contributed by atoms with E-state index < -0.39 is 0 Å². The maximum Gasteiger partial charge on any atom is 0.153 e. The van der Waals surface area contributed by atoms with Gasteiger partial charge in [0.2, 0.25) is 0 Å². The molecular weight excluding hydrogens is 529 g/mol. The van der Waals surface area contributed by atoms with Crippen molar-refractivity contribution in [3.8, 4) is 5.75 Å². The molecule has 0 unspecified atom stereocenters. The lowest BCUT2D eigenvalue weighted by Gasteiger charge is -2.11. The quantitative estimate of drug-likeness (QED) is 0.485. The molecule has 4 heteroatoms. The summed E-state index contributed by atoms with van der Waals surface area (Å²) >= 11 is 7.01. The molecule has 0 saturated carbocycles. The summed E-state index contributed by atoms with van der Waals surface area (Å²) in [5.74, 6) is 2.15. The van der Waals surface area contributed by atoms with E-state index in [-0.39, 0.29) is 0 Å². The summed E-state index contributed by atoms with van der Waals surface area (Å²) in [6.07, 6.45) is 5.67. The molecule has 0 spiro atoms. The van der Waals surface area contributed by atoms with Crippen LogP contribution in [0, 0.1) is 10.7 Å². The third kappa shape index (κ3) is 3.21. The van der Waals surface area contributed by atoms with Crippen LogP contribution in [0.15, 0.2) is 24.0 Å². The van der Waals surface area contributed by atoms with Crippen molar-refractivity contribution in [1.29, 1.82) is 0 Å². The normalized spacial score (nSPS) is 15.3. The molecule has 80 valence electrons. The Labute approximate surface area is 130 Å². The van der Waals surface area contributed by atoms with Gasteiger partial charge in [0.15, 0.2) is 5.75 Å². The van der Waals surface area contributed by atoms with E-state index in [9.17, 15) is 0 Å². The highest BCUT2D eigenvalue weighted by molar-refractivity contribution is 14.1. The first kappa shape index (κ1) is 12.4. The zero-order valence-electron chi connectivity index (χ0n) is 7.90. The second-order valence-electron chi connectivity index (χ2n) is 3.36. The smallest absolute Gasteiger partial charge is 0.153 e. The maximum absolute atomic E-state index is 5.93. The van der Waals surface area contributed by atoms with Gasteiger partial charge in [-0.2, -0.15) is 0 Å². The first-order chi connectivity index (χ1) is 7.16. The summed E-state index contributed by atoms with van der Waals surface area (Å²) in [6.45, 7) is 0. The fourth-order valence-corrected chi connectivity index (χ4v) is 5.29. The molecular formula is C11H9I3O. The summed E-state index contributed by atoms with van der Waals surface area (Å²) in [4.78, 5) is 0. The highest BCUT2D eigenvalue weighted by atomic mass is 127. The lowest BCUT2D eigenvalue weighted by molar-refractivity contribution is 0.406. The van der Waals surface area contributed by atoms with Gasteiger partial charge in [-0.3, -0.25) is 0 Å². The van der Waals surface area contributed by atoms with Crippen LogP contribution in [0.4, 0.5) is 0 Å². The van der Waals surface area contributed by atoms with E-state index in [1.54, 1.807) is 0 Å². The van der Waals surface area contributed by atoms with Gasteiger partial charge in [-0.1, -0.05) is 0 Å². The van der Waals surface area contributed by atoms with E-state index in [4.69, 9.17) is 4.74 Å². The Hall–Kier alpha value is 0.950. The van der Waals surface area contributed by atoms with Gasteiger partial charge in [-0.05, 0) is 98.8 Å². The molecule has 1 aliphatic rings. The van der Waals surface area contributed by atoms with Crippen LogP contribution in [0.1, 0.15) is 19.3 Å². The van der Waals surface area contributed by atoms with Crippen molar-refractivity contribution in [1.82, 2.24) is 0 Å². The molecule has 0 aliphatic heterocycles. The molecule has 0 radical (unpaired) electrons. The molecule has 0 amide bonds. The van der Waals surface area contributed by atoms with Gasteiger partial charge >= 0.3 is 0 Å². The van der Waals surface area contributed by atoms with E-state index in [2.05, 4.69) is 86.0 Å². The zero-order chi connectivity index (χ0) is 10.8. The Balaban J connectivity index is 2.27. The van der Waals surface area contributed by atoms with Gasteiger partial charge in [0.1, 0.15) is 5.76 Å². The van der Waals surface area contributed by atoms with Crippen LogP contribution >= 0.6 is 67.8 Å². The van der Waals surface area contributed by atoms with Gasteiger partial charge in [-0.25, -0.2) is 0 Å². The van der Waals surface area contributed by atoms with Crippen molar-refractivity contribution in [2.24, 2.45) is 0 Å². The molecule has 0 heterocycles. The molecule has 1 aliphatic carbocycles. The molecule has 0 bridgehead atoms. The molecule has 1 aromatic rings. The van der Waals surface area contributed by atoms with Crippen LogP contribution in [-0.2, 0) is 0 Å². The maximum atomic E-state index is 5.93. The molecule has 15 heavy (non-hydrogen) atoms. The molecule has 0 saturated heterocycles. The predicted octanol–water partition coefficient (Wildman–Crippen LogP) is 4.95. The van der Waals surface area contributed by atoms with Crippen molar-refractivity contribution in [3.05, 3.63) is 34.7 Å². The van der Waals surface area contributed by atoms with Gasteiger partial charge in [-0.15, -0.1) is 0 Å². The number of ether oxygens (including phenoxy) is 1. The van der Waals surface area contributed by atoms with Crippen LogP contribution in [0.3, 0.4) is 0 Å². The second kappa shape index (κ2) is 5.52. The SMILES string of the molecule is Ic1cc(I)c(OC2=CCCC2)c(I)c1. The Morgan fingerprint density at radius 3 is 2.27 bits per heavy atom. The fourth-order valence-electron chi connectivity index (χ4n) is 1.49. The topological polar surface area (TPSA) is 9.23 Å². The molecule has 1 nitrogen and oxygen atoms in total. The van der Waals surface area contributed by atoms with Crippen LogP contribution in [-0.4, -0.2) is 0 Å². The second-order valence-corrected chi connectivity index (χ2v) is 6.93. The van der Waals surface area contributed by atoms with Crippen LogP contribution in [0.25, 0.3) is 0 Å². The number of benzene rings is 1. The van der Waals surface area contributed by atoms with E-state index >= 15 is 0 Å². The summed E-state index contributed by atoms with van der Waals surface area (Å²) in [6, 6.07) is 4.29. The number of hydrogen-bond acceptors (Lipinski definition) is 1. The predicted molar refractivity (Wildman–Crippen MR) is 87.2 cm³/mol. The minimum atomic E-state index is 1.02. The highest BCUT2D eigenvalue weighted by Crippen LogP contribution is 2.32. The first-order valence-corrected chi connectivity index (χ1v) is 7.92. The van der Waals surface area contributed by atoms with Gasteiger partial charge in [0, 0.05) is 9.99 Å². The lowest BCUT2D eigenvalue weighted by Crippen LogP contribution is -1.97. The van der Waals surface area contributed by atoms with Crippen molar-refractivity contribution in [3.63, 3.8) is 0 Å². The minimum Gasteiger partial charge on any atom is -0.460 e. The molecule has 0 atom stereocenters. The number of halogens is 3. The Morgan fingerprint density at radius 2 is 1.73 bits per heavy atom. The summed E-state index contributed by atoms with van der Waals surface area (Å²) < 4.78 is 9.58. The molecule has 2 rings (SSSR count). The standard InChI is InChI=1S/C11H9I3O/c12-7-5-9(13)11(10(14)6-7)15-8-3-1-2-4-8/h3,5-6H,1-2,4H2. The zero-order valence-corrected chi connectivity index (χ0v) is 14.4. The van der Waals surface area contributed by atoms with E-state index in [0.717, 1.165) is 24.4 Å². The van der Waals surface area contributed by atoms with Gasteiger partial charge in [0.25, 0.3) is 0 Å².